The van der Waals surface area contributed by atoms with Gasteiger partial charge in [0.25, 0.3) is 0 Å². The van der Waals surface area contributed by atoms with Gasteiger partial charge >= 0.3 is 0 Å². The summed E-state index contributed by atoms with van der Waals surface area (Å²) < 4.78 is 0. The van der Waals surface area contributed by atoms with E-state index in [0.29, 0.717) is 16.1 Å². The first-order valence-corrected chi connectivity index (χ1v) is 9.05. The summed E-state index contributed by atoms with van der Waals surface area (Å²) in [6.45, 7) is 4.99. The van der Waals surface area contributed by atoms with Crippen LogP contribution >= 0.6 is 23.2 Å². The smallest absolute Gasteiger partial charge is 0.0823 e. The van der Waals surface area contributed by atoms with E-state index in [-0.39, 0.29) is 0 Å². The van der Waals surface area contributed by atoms with Gasteiger partial charge in [0.2, 0.25) is 0 Å². The molecule has 126 valence electrons. The molecule has 22 heavy (non-hydrogen) atoms. The molecule has 1 aromatic rings. The topological polar surface area (TPSA) is 50.1 Å². The van der Waals surface area contributed by atoms with Crippen molar-refractivity contribution in [1.82, 2.24) is 5.32 Å². The van der Waals surface area contributed by atoms with Crippen LogP contribution in [0, 0.1) is 0 Å². The van der Waals surface area contributed by atoms with Crippen LogP contribution in [0.3, 0.4) is 0 Å². The molecule has 1 rings (SSSR count). The Morgan fingerprint density at radius 2 is 1.86 bits per heavy atom. The molecule has 0 aliphatic heterocycles. The van der Waals surface area contributed by atoms with Crippen LogP contribution in [-0.2, 0) is 0 Å². The minimum atomic E-state index is 0.393. The summed E-state index contributed by atoms with van der Waals surface area (Å²) in [4.78, 5) is 0. The fourth-order valence-corrected chi connectivity index (χ4v) is 2.77. The molecule has 1 atom stereocenters. The Balaban J connectivity index is 1.97. The third-order valence-electron chi connectivity index (χ3n) is 3.66. The second kappa shape index (κ2) is 12.0. The number of nitrogens with one attached hydrogen (secondary N) is 2. The first-order valence-electron chi connectivity index (χ1n) is 8.29. The predicted octanol–water partition coefficient (Wildman–Crippen LogP) is 4.68. The van der Waals surface area contributed by atoms with Gasteiger partial charge in [-0.15, -0.1) is 0 Å². The summed E-state index contributed by atoms with van der Waals surface area (Å²) in [5, 5.41) is 7.90. The monoisotopic (exact) mass is 345 g/mol. The number of benzene rings is 1. The van der Waals surface area contributed by atoms with Crippen LogP contribution in [0.5, 0.6) is 0 Å². The van der Waals surface area contributed by atoms with E-state index in [4.69, 9.17) is 28.9 Å². The summed E-state index contributed by atoms with van der Waals surface area (Å²) in [5.41, 5.74) is 6.89. The van der Waals surface area contributed by atoms with Gasteiger partial charge in [0.05, 0.1) is 15.7 Å². The molecule has 4 N–H and O–H groups in total. The van der Waals surface area contributed by atoms with Gasteiger partial charge in [0.1, 0.15) is 0 Å². The second-order valence-electron chi connectivity index (χ2n) is 5.68. The highest BCUT2D eigenvalue weighted by Gasteiger charge is 2.03. The zero-order valence-corrected chi connectivity index (χ0v) is 15.0. The third kappa shape index (κ3) is 8.23. The van der Waals surface area contributed by atoms with Crippen LogP contribution in [0.15, 0.2) is 18.2 Å². The first kappa shape index (κ1) is 19.6. The average Bonchev–Trinajstić information content (AvgIpc) is 2.50. The summed E-state index contributed by atoms with van der Waals surface area (Å²) >= 11 is 12.1. The van der Waals surface area contributed by atoms with E-state index in [1.165, 1.54) is 25.7 Å². The Morgan fingerprint density at radius 1 is 1.05 bits per heavy atom. The molecule has 0 bridgehead atoms. The maximum atomic E-state index is 6.11. The van der Waals surface area contributed by atoms with Crippen molar-refractivity contribution in [3.8, 4) is 0 Å². The molecule has 1 unspecified atom stereocenters. The summed E-state index contributed by atoms with van der Waals surface area (Å²) in [7, 11) is 0. The lowest BCUT2D eigenvalue weighted by Crippen LogP contribution is -2.23. The summed E-state index contributed by atoms with van der Waals surface area (Å²) in [6, 6.07) is 6.02. The SMILES string of the molecule is CCCC(N)CCCCCNCCNc1cccc(Cl)c1Cl. The predicted molar refractivity (Wildman–Crippen MR) is 99.2 cm³/mol. The largest absolute Gasteiger partial charge is 0.383 e. The van der Waals surface area contributed by atoms with Gasteiger partial charge in [-0.2, -0.15) is 0 Å². The molecule has 0 aliphatic rings. The van der Waals surface area contributed by atoms with Crippen molar-refractivity contribution >= 4 is 28.9 Å². The van der Waals surface area contributed by atoms with E-state index >= 15 is 0 Å². The van der Waals surface area contributed by atoms with Gasteiger partial charge in [-0.1, -0.05) is 55.5 Å². The molecular formula is C17H29Cl2N3. The van der Waals surface area contributed by atoms with Gasteiger partial charge < -0.3 is 16.4 Å². The van der Waals surface area contributed by atoms with Crippen LogP contribution in [0.2, 0.25) is 10.0 Å². The highest BCUT2D eigenvalue weighted by Crippen LogP contribution is 2.29. The van der Waals surface area contributed by atoms with E-state index in [2.05, 4.69) is 17.6 Å². The second-order valence-corrected chi connectivity index (χ2v) is 6.46. The summed E-state index contributed by atoms with van der Waals surface area (Å²) in [6.07, 6.45) is 7.18. The van der Waals surface area contributed by atoms with Crippen molar-refractivity contribution in [1.29, 1.82) is 0 Å². The Bertz CT molecular complexity index is 413. The number of anilines is 1. The number of hydrogen-bond acceptors (Lipinski definition) is 3. The number of hydrogen-bond donors (Lipinski definition) is 3. The molecule has 0 saturated carbocycles. The van der Waals surface area contributed by atoms with Crippen LogP contribution in [-0.4, -0.2) is 25.7 Å². The molecular weight excluding hydrogens is 317 g/mol. The Kier molecular flexibility index (Phi) is 10.7. The Labute approximate surface area is 144 Å². The summed E-state index contributed by atoms with van der Waals surface area (Å²) in [5.74, 6) is 0. The van der Waals surface area contributed by atoms with E-state index in [1.54, 1.807) is 6.07 Å². The molecule has 0 heterocycles. The van der Waals surface area contributed by atoms with Crippen LogP contribution in [0.1, 0.15) is 45.4 Å². The van der Waals surface area contributed by atoms with Gasteiger partial charge in [0.15, 0.2) is 0 Å². The molecule has 1 aromatic carbocycles. The molecule has 0 amide bonds. The normalized spacial score (nSPS) is 12.4. The van der Waals surface area contributed by atoms with Crippen LogP contribution in [0.25, 0.3) is 0 Å². The van der Waals surface area contributed by atoms with Crippen molar-refractivity contribution < 1.29 is 0 Å². The molecule has 0 radical (unpaired) electrons. The maximum absolute atomic E-state index is 6.11. The van der Waals surface area contributed by atoms with Crippen molar-refractivity contribution in [2.75, 3.05) is 25.0 Å². The third-order valence-corrected chi connectivity index (χ3v) is 4.48. The standard InChI is InChI=1S/C17H29Cl2N3/c1-2-7-14(20)8-4-3-5-11-21-12-13-22-16-10-6-9-15(18)17(16)19/h6,9-10,14,21-22H,2-5,7-8,11-13,20H2,1H3. The zero-order valence-electron chi connectivity index (χ0n) is 13.5. The fourth-order valence-electron chi connectivity index (χ4n) is 2.40. The lowest BCUT2D eigenvalue weighted by molar-refractivity contribution is 0.511. The van der Waals surface area contributed by atoms with Gasteiger partial charge in [-0.3, -0.25) is 0 Å². The van der Waals surface area contributed by atoms with E-state index < -0.39 is 0 Å². The minimum absolute atomic E-state index is 0.393. The molecule has 3 nitrogen and oxygen atoms in total. The van der Waals surface area contributed by atoms with Crippen molar-refractivity contribution in [3.63, 3.8) is 0 Å². The van der Waals surface area contributed by atoms with Crippen molar-refractivity contribution in [3.05, 3.63) is 28.2 Å². The van der Waals surface area contributed by atoms with Gasteiger partial charge in [-0.25, -0.2) is 0 Å². The van der Waals surface area contributed by atoms with Crippen LogP contribution < -0.4 is 16.4 Å². The highest BCUT2D eigenvalue weighted by atomic mass is 35.5. The molecule has 0 aliphatic carbocycles. The Hall–Kier alpha value is -0.480. The highest BCUT2D eigenvalue weighted by molar-refractivity contribution is 6.43. The Morgan fingerprint density at radius 3 is 2.64 bits per heavy atom. The number of nitrogens with two attached hydrogens (primary N) is 1. The van der Waals surface area contributed by atoms with Crippen molar-refractivity contribution in [2.24, 2.45) is 5.73 Å². The van der Waals surface area contributed by atoms with Crippen LogP contribution in [0.4, 0.5) is 5.69 Å². The maximum Gasteiger partial charge on any atom is 0.0823 e. The lowest BCUT2D eigenvalue weighted by atomic mass is 10.1. The number of halogens is 2. The van der Waals surface area contributed by atoms with Gasteiger partial charge in [0, 0.05) is 19.1 Å². The van der Waals surface area contributed by atoms with E-state index in [1.807, 2.05) is 12.1 Å². The molecule has 0 fully saturated rings. The molecule has 0 saturated heterocycles. The molecule has 0 spiro atoms. The lowest BCUT2D eigenvalue weighted by Gasteiger charge is -2.11. The van der Waals surface area contributed by atoms with E-state index in [9.17, 15) is 0 Å². The van der Waals surface area contributed by atoms with Crippen molar-refractivity contribution in [2.45, 2.75) is 51.5 Å². The first-order chi connectivity index (χ1) is 10.6. The molecule has 0 aromatic heterocycles. The fraction of sp³-hybridized carbons (Fsp3) is 0.647. The minimum Gasteiger partial charge on any atom is -0.383 e. The average molecular weight is 346 g/mol. The quantitative estimate of drug-likeness (QED) is 0.482. The number of unbranched alkanes of at least 4 members (excludes halogenated alkanes) is 2. The molecule has 5 heteroatoms. The number of rotatable bonds is 12. The zero-order chi connectivity index (χ0) is 16.2. The van der Waals surface area contributed by atoms with Gasteiger partial charge in [-0.05, 0) is 37.9 Å². The van der Waals surface area contributed by atoms with E-state index in [0.717, 1.165) is 38.2 Å².